The third-order valence-electron chi connectivity index (χ3n) is 9.71. The molecule has 1 heterocycles. The van der Waals surface area contributed by atoms with Gasteiger partial charge in [0.2, 0.25) is 11.8 Å². The zero-order valence-electron chi connectivity index (χ0n) is 27.6. The van der Waals surface area contributed by atoms with Crippen molar-refractivity contribution in [2.75, 3.05) is 16.8 Å². The molecule has 6 rings (SSSR count). The van der Waals surface area contributed by atoms with Crippen molar-refractivity contribution >= 4 is 52.1 Å². The van der Waals surface area contributed by atoms with E-state index in [4.69, 9.17) is 11.6 Å². The Labute approximate surface area is 292 Å². The first kappa shape index (κ1) is 34.2. The van der Waals surface area contributed by atoms with E-state index in [1.165, 1.54) is 11.0 Å². The molecule has 8 heteroatoms. The number of nitrogens with one attached hydrogen (secondary N) is 1. The topological polar surface area (TPSA) is 110 Å². The van der Waals surface area contributed by atoms with Crippen LogP contribution >= 0.6 is 11.6 Å². The summed E-state index contributed by atoms with van der Waals surface area (Å²) in [6.45, 7) is 3.69. The molecule has 0 aromatic heterocycles. The average Bonchev–Trinajstić information content (AvgIpc) is 3.36. The van der Waals surface area contributed by atoms with Gasteiger partial charge in [0.05, 0.1) is 35.3 Å². The first-order valence-corrected chi connectivity index (χ1v) is 17.1. The Morgan fingerprint density at radius 3 is 2.20 bits per heavy atom. The van der Waals surface area contributed by atoms with Gasteiger partial charge in [0, 0.05) is 17.3 Å². The monoisotopic (exact) mass is 676 g/mol. The second kappa shape index (κ2) is 14.8. The molecule has 1 fully saturated rings. The standard InChI is InChI=1S/C41H41ClN2O5/c1-25(2)33-23-34-39(41(49)44(40(34)48)31-17-15-30(16-18-31)43-29-11-7-4-8-12-29)35(24-45)38(33)37(47)20-14-27(26-9-5-3-6-10-26)21-28-13-19-32(46)22-36(28)42/h3-13,15-19,21-22,25,34-35,37,39,43,45-47H,14,20,23-24H2,1-2H3/b27-21-/t34-,35+,37-,39-/m1/s1. The number of rotatable bonds is 11. The Hall–Kier alpha value is -4.69. The number of phenolic OH excluding ortho intramolecular Hbond substituents is 1. The molecule has 4 atom stereocenters. The fourth-order valence-electron chi connectivity index (χ4n) is 7.30. The summed E-state index contributed by atoms with van der Waals surface area (Å²) in [6.07, 6.45) is 2.17. The van der Waals surface area contributed by atoms with Gasteiger partial charge < -0.3 is 20.6 Å². The molecule has 1 aliphatic carbocycles. The molecule has 1 aliphatic heterocycles. The minimum atomic E-state index is -0.946. The summed E-state index contributed by atoms with van der Waals surface area (Å²) in [5.74, 6) is -2.63. The Balaban J connectivity index is 1.26. The molecule has 2 aliphatic rings. The predicted octanol–water partition coefficient (Wildman–Crippen LogP) is 8.24. The molecule has 1 saturated heterocycles. The first-order chi connectivity index (χ1) is 23.7. The molecule has 4 aromatic carbocycles. The summed E-state index contributed by atoms with van der Waals surface area (Å²) < 4.78 is 0. The smallest absolute Gasteiger partial charge is 0.238 e. The number of nitrogens with zero attached hydrogens (tertiary/aromatic N) is 1. The van der Waals surface area contributed by atoms with Gasteiger partial charge in [-0.25, -0.2) is 0 Å². The lowest BCUT2D eigenvalue weighted by Gasteiger charge is -2.38. The van der Waals surface area contributed by atoms with Crippen molar-refractivity contribution in [1.29, 1.82) is 0 Å². The first-order valence-electron chi connectivity index (χ1n) is 16.7. The Kier molecular flexibility index (Phi) is 10.3. The Bertz CT molecular complexity index is 1870. The van der Waals surface area contributed by atoms with Crippen LogP contribution in [0.25, 0.3) is 11.6 Å². The highest BCUT2D eigenvalue weighted by Gasteiger charge is 2.55. The third-order valence-corrected chi connectivity index (χ3v) is 10.0. The van der Waals surface area contributed by atoms with Gasteiger partial charge in [-0.05, 0) is 108 Å². The number of phenols is 1. The number of benzene rings is 4. The molecule has 0 saturated carbocycles. The zero-order chi connectivity index (χ0) is 34.7. The SMILES string of the molecule is CC(C)C1=C([C@H](O)CC/C(=C/c2ccc(O)cc2Cl)c2ccccc2)[C@H](CO)[C@@H]2C(=O)N(c3ccc(Nc4ccccc4)cc3)C(=O)[C@@H]2C1. The van der Waals surface area contributed by atoms with E-state index in [9.17, 15) is 24.9 Å². The molecule has 49 heavy (non-hydrogen) atoms. The van der Waals surface area contributed by atoms with Gasteiger partial charge in [-0.3, -0.25) is 14.5 Å². The van der Waals surface area contributed by atoms with Crippen molar-refractivity contribution in [1.82, 2.24) is 0 Å². The molecule has 0 spiro atoms. The van der Waals surface area contributed by atoms with E-state index in [1.54, 1.807) is 24.3 Å². The number of carbonyl (C=O) groups is 2. The number of imide groups is 1. The summed E-state index contributed by atoms with van der Waals surface area (Å²) in [5, 5.41) is 36.3. The average molecular weight is 677 g/mol. The van der Waals surface area contributed by atoms with E-state index in [2.05, 4.69) is 5.32 Å². The maximum absolute atomic E-state index is 14.1. The molecule has 2 amide bonds. The summed E-state index contributed by atoms with van der Waals surface area (Å²) in [5.41, 5.74) is 6.47. The van der Waals surface area contributed by atoms with Crippen LogP contribution in [0.15, 0.2) is 114 Å². The molecule has 4 N–H and O–H groups in total. The number of hydrogen-bond acceptors (Lipinski definition) is 6. The summed E-state index contributed by atoms with van der Waals surface area (Å²) in [6, 6.07) is 31.6. The minimum absolute atomic E-state index is 0.000106. The van der Waals surface area contributed by atoms with Gasteiger partial charge >= 0.3 is 0 Å². The van der Waals surface area contributed by atoms with Crippen molar-refractivity contribution < 1.29 is 24.9 Å². The number of fused-ring (bicyclic) bond motifs is 1. The lowest BCUT2D eigenvalue weighted by atomic mass is 9.66. The molecule has 0 radical (unpaired) electrons. The maximum Gasteiger partial charge on any atom is 0.238 e. The van der Waals surface area contributed by atoms with Gasteiger partial charge in [0.1, 0.15) is 5.75 Å². The Morgan fingerprint density at radius 1 is 0.918 bits per heavy atom. The fraction of sp³-hybridized carbons (Fsp3) is 0.268. The Morgan fingerprint density at radius 2 is 1.57 bits per heavy atom. The highest BCUT2D eigenvalue weighted by molar-refractivity contribution is 6.32. The van der Waals surface area contributed by atoms with E-state index in [0.29, 0.717) is 35.5 Å². The van der Waals surface area contributed by atoms with Gasteiger partial charge in [0.15, 0.2) is 0 Å². The number of para-hydroxylation sites is 1. The van der Waals surface area contributed by atoms with Crippen LogP contribution in [0.1, 0.15) is 44.2 Å². The molecule has 0 unspecified atom stereocenters. The number of allylic oxidation sites excluding steroid dienone is 2. The summed E-state index contributed by atoms with van der Waals surface area (Å²) in [4.78, 5) is 29.3. The van der Waals surface area contributed by atoms with Crippen LogP contribution in [0.2, 0.25) is 5.02 Å². The number of anilines is 3. The van der Waals surface area contributed by atoms with Gasteiger partial charge in [-0.1, -0.05) is 79.6 Å². The molecular formula is C41H41ClN2O5. The number of aliphatic hydroxyl groups is 2. The number of amides is 2. The van der Waals surface area contributed by atoms with E-state index in [-0.39, 0.29) is 30.1 Å². The molecule has 0 bridgehead atoms. The molecule has 7 nitrogen and oxygen atoms in total. The fourth-order valence-corrected chi connectivity index (χ4v) is 7.53. The van der Waals surface area contributed by atoms with Gasteiger partial charge in [-0.2, -0.15) is 0 Å². The highest BCUT2D eigenvalue weighted by Crippen LogP contribution is 2.49. The minimum Gasteiger partial charge on any atom is -0.508 e. The third kappa shape index (κ3) is 7.20. The highest BCUT2D eigenvalue weighted by atomic mass is 35.5. The number of hydrogen-bond donors (Lipinski definition) is 4. The number of aromatic hydroxyl groups is 1. The van der Waals surface area contributed by atoms with Crippen LogP contribution in [0.3, 0.4) is 0 Å². The van der Waals surface area contributed by atoms with Crippen LogP contribution < -0.4 is 10.2 Å². The van der Waals surface area contributed by atoms with Crippen LogP contribution in [0, 0.1) is 23.7 Å². The zero-order valence-corrected chi connectivity index (χ0v) is 28.3. The lowest BCUT2D eigenvalue weighted by Crippen LogP contribution is -2.39. The molecular weight excluding hydrogens is 636 g/mol. The van der Waals surface area contributed by atoms with E-state index >= 15 is 0 Å². The van der Waals surface area contributed by atoms with Crippen molar-refractivity contribution in [3.63, 3.8) is 0 Å². The van der Waals surface area contributed by atoms with Crippen molar-refractivity contribution in [2.24, 2.45) is 23.7 Å². The van der Waals surface area contributed by atoms with Crippen molar-refractivity contribution in [2.45, 2.75) is 39.2 Å². The predicted molar refractivity (Wildman–Crippen MR) is 195 cm³/mol. The van der Waals surface area contributed by atoms with Gasteiger partial charge in [-0.15, -0.1) is 0 Å². The van der Waals surface area contributed by atoms with Crippen LogP contribution in [0.4, 0.5) is 17.1 Å². The largest absolute Gasteiger partial charge is 0.508 e. The lowest BCUT2D eigenvalue weighted by molar-refractivity contribution is -0.123. The molecule has 252 valence electrons. The second-order valence-electron chi connectivity index (χ2n) is 13.1. The van der Waals surface area contributed by atoms with Crippen molar-refractivity contribution in [3.8, 4) is 5.75 Å². The van der Waals surface area contributed by atoms with E-state index in [0.717, 1.165) is 33.6 Å². The number of halogens is 1. The van der Waals surface area contributed by atoms with Crippen molar-refractivity contribution in [3.05, 3.63) is 130 Å². The maximum atomic E-state index is 14.1. The number of aliphatic hydroxyl groups excluding tert-OH is 2. The van der Waals surface area contributed by atoms with Gasteiger partial charge in [0.25, 0.3) is 0 Å². The molecule has 4 aromatic rings. The second-order valence-corrected chi connectivity index (χ2v) is 13.5. The van der Waals surface area contributed by atoms with E-state index < -0.39 is 23.9 Å². The van der Waals surface area contributed by atoms with Crippen LogP contribution in [0.5, 0.6) is 5.75 Å². The number of carbonyl (C=O) groups excluding carboxylic acids is 2. The van der Waals surface area contributed by atoms with E-state index in [1.807, 2.05) is 92.7 Å². The normalized spacial score (nSPS) is 20.2. The summed E-state index contributed by atoms with van der Waals surface area (Å²) >= 11 is 6.46. The quantitative estimate of drug-likeness (QED) is 0.0724. The van der Waals surface area contributed by atoms with Crippen LogP contribution in [-0.2, 0) is 9.59 Å². The van der Waals surface area contributed by atoms with Crippen LogP contribution in [-0.4, -0.2) is 39.8 Å². The summed E-state index contributed by atoms with van der Waals surface area (Å²) in [7, 11) is 0.